The van der Waals surface area contributed by atoms with E-state index < -0.39 is 34.4 Å². The van der Waals surface area contributed by atoms with Crippen LogP contribution in [-0.2, 0) is 4.79 Å². The SMILES string of the molecule is C[C@H](NC(=O)c1ccc(Cl)c([N+](=O)[O-])c1)C(=O)NNC(=O)c1cccs1. The summed E-state index contributed by atoms with van der Waals surface area (Å²) in [6.07, 6.45) is 0. The standard InChI is InChI=1S/C15H13ClN4O5S/c1-8(13(21)18-19-15(23)12-3-2-6-26-12)17-14(22)9-4-5-10(16)11(7-9)20(24)25/h2-8H,1H3,(H,17,22)(H,18,21)(H,19,23)/t8-/m0/s1. The number of carbonyl (C=O) groups excluding carboxylic acids is 3. The summed E-state index contributed by atoms with van der Waals surface area (Å²) in [4.78, 5) is 46.4. The van der Waals surface area contributed by atoms with Crippen molar-refractivity contribution in [3.8, 4) is 0 Å². The highest BCUT2D eigenvalue weighted by Gasteiger charge is 2.20. The van der Waals surface area contributed by atoms with Gasteiger partial charge in [-0.15, -0.1) is 11.3 Å². The van der Waals surface area contributed by atoms with Gasteiger partial charge in [-0.2, -0.15) is 0 Å². The summed E-state index contributed by atoms with van der Waals surface area (Å²) in [5, 5.41) is 14.8. The minimum Gasteiger partial charge on any atom is -0.340 e. The fourth-order valence-electron chi connectivity index (χ4n) is 1.84. The van der Waals surface area contributed by atoms with E-state index in [4.69, 9.17) is 11.6 Å². The quantitative estimate of drug-likeness (QED) is 0.524. The molecule has 0 unspecified atom stereocenters. The van der Waals surface area contributed by atoms with Crippen LogP contribution < -0.4 is 16.2 Å². The number of rotatable bonds is 5. The van der Waals surface area contributed by atoms with Crippen molar-refractivity contribution >= 4 is 46.3 Å². The second-order valence-electron chi connectivity index (χ2n) is 5.04. The maximum absolute atomic E-state index is 12.1. The van der Waals surface area contributed by atoms with Crippen LogP contribution in [0.2, 0.25) is 5.02 Å². The van der Waals surface area contributed by atoms with Gasteiger partial charge >= 0.3 is 0 Å². The van der Waals surface area contributed by atoms with Crippen molar-refractivity contribution in [2.45, 2.75) is 13.0 Å². The van der Waals surface area contributed by atoms with Gasteiger partial charge in [0.25, 0.3) is 23.4 Å². The van der Waals surface area contributed by atoms with Crippen molar-refractivity contribution in [2.24, 2.45) is 0 Å². The number of hydrazine groups is 1. The summed E-state index contributed by atoms with van der Waals surface area (Å²) in [7, 11) is 0. The first-order valence-corrected chi connectivity index (χ1v) is 8.44. The van der Waals surface area contributed by atoms with Gasteiger partial charge < -0.3 is 5.32 Å². The molecule has 136 valence electrons. The number of nitrogens with zero attached hydrogens (tertiary/aromatic N) is 1. The number of hydrogen-bond acceptors (Lipinski definition) is 6. The van der Waals surface area contributed by atoms with Crippen molar-refractivity contribution in [3.05, 3.63) is 61.3 Å². The molecule has 0 aliphatic heterocycles. The molecule has 2 aromatic rings. The molecular formula is C15H13ClN4O5S. The van der Waals surface area contributed by atoms with E-state index in [1.165, 1.54) is 30.4 Å². The van der Waals surface area contributed by atoms with Crippen LogP contribution in [0.5, 0.6) is 0 Å². The third-order valence-electron chi connectivity index (χ3n) is 3.19. The lowest BCUT2D eigenvalue weighted by atomic mass is 10.1. The Morgan fingerprint density at radius 3 is 2.54 bits per heavy atom. The molecule has 26 heavy (non-hydrogen) atoms. The largest absolute Gasteiger partial charge is 0.340 e. The summed E-state index contributed by atoms with van der Waals surface area (Å²) in [5.74, 6) is -1.84. The second kappa shape index (κ2) is 8.41. The summed E-state index contributed by atoms with van der Waals surface area (Å²) in [6.45, 7) is 1.40. The number of nitro benzene ring substituents is 1. The molecule has 1 atom stereocenters. The average Bonchev–Trinajstić information content (AvgIpc) is 3.13. The van der Waals surface area contributed by atoms with Crippen LogP contribution in [0.3, 0.4) is 0 Å². The maximum atomic E-state index is 12.1. The molecule has 3 N–H and O–H groups in total. The van der Waals surface area contributed by atoms with Crippen LogP contribution in [0, 0.1) is 10.1 Å². The molecule has 0 aliphatic carbocycles. The van der Waals surface area contributed by atoms with E-state index >= 15 is 0 Å². The summed E-state index contributed by atoms with van der Waals surface area (Å²) in [5.41, 5.74) is 3.97. The Kier molecular flexibility index (Phi) is 6.26. The molecule has 1 aromatic carbocycles. The van der Waals surface area contributed by atoms with Crippen LogP contribution in [0.1, 0.15) is 27.0 Å². The Bertz CT molecular complexity index is 856. The highest BCUT2D eigenvalue weighted by molar-refractivity contribution is 7.12. The van der Waals surface area contributed by atoms with Crippen LogP contribution in [0.25, 0.3) is 0 Å². The van der Waals surface area contributed by atoms with E-state index in [1.54, 1.807) is 17.5 Å². The Labute approximate surface area is 156 Å². The third-order valence-corrected chi connectivity index (χ3v) is 4.38. The Hall–Kier alpha value is -2.98. The molecule has 0 saturated carbocycles. The van der Waals surface area contributed by atoms with E-state index in [2.05, 4.69) is 16.2 Å². The van der Waals surface area contributed by atoms with Crippen LogP contribution in [0.15, 0.2) is 35.7 Å². The molecule has 0 radical (unpaired) electrons. The molecule has 0 bridgehead atoms. The molecule has 0 fully saturated rings. The molecule has 2 rings (SSSR count). The van der Waals surface area contributed by atoms with Crippen LogP contribution in [0.4, 0.5) is 5.69 Å². The van der Waals surface area contributed by atoms with Crippen LogP contribution >= 0.6 is 22.9 Å². The predicted molar refractivity (Wildman–Crippen MR) is 95.0 cm³/mol. The van der Waals surface area contributed by atoms with E-state index in [0.717, 1.165) is 6.07 Å². The fraction of sp³-hybridized carbons (Fsp3) is 0.133. The van der Waals surface area contributed by atoms with Gasteiger partial charge in [0.05, 0.1) is 9.80 Å². The number of amides is 3. The van der Waals surface area contributed by atoms with Crippen LogP contribution in [-0.4, -0.2) is 28.7 Å². The van der Waals surface area contributed by atoms with Gasteiger partial charge in [-0.1, -0.05) is 17.7 Å². The minimum absolute atomic E-state index is 0.0247. The first-order chi connectivity index (χ1) is 12.3. The topological polar surface area (TPSA) is 130 Å². The van der Waals surface area contributed by atoms with Gasteiger partial charge in [0, 0.05) is 11.6 Å². The first kappa shape index (κ1) is 19.3. The van der Waals surface area contributed by atoms with Gasteiger partial charge in [-0.05, 0) is 30.5 Å². The van der Waals surface area contributed by atoms with Crippen molar-refractivity contribution in [2.75, 3.05) is 0 Å². The van der Waals surface area contributed by atoms with E-state index in [-0.39, 0.29) is 10.6 Å². The highest BCUT2D eigenvalue weighted by Crippen LogP contribution is 2.25. The van der Waals surface area contributed by atoms with Crippen molar-refractivity contribution in [3.63, 3.8) is 0 Å². The lowest BCUT2D eigenvalue weighted by molar-refractivity contribution is -0.384. The van der Waals surface area contributed by atoms with E-state index in [1.807, 2.05) is 0 Å². The number of carbonyl (C=O) groups is 3. The predicted octanol–water partition coefficient (Wildman–Crippen LogP) is 1.89. The Balaban J connectivity index is 1.94. The summed E-state index contributed by atoms with van der Waals surface area (Å²) in [6, 6.07) is 5.82. The lowest BCUT2D eigenvalue weighted by Crippen LogP contribution is -2.51. The molecule has 11 heteroatoms. The highest BCUT2D eigenvalue weighted by atomic mass is 35.5. The third kappa shape index (κ3) is 4.77. The Morgan fingerprint density at radius 2 is 1.92 bits per heavy atom. The zero-order valence-corrected chi connectivity index (χ0v) is 14.9. The number of hydrogen-bond donors (Lipinski definition) is 3. The Morgan fingerprint density at radius 1 is 1.19 bits per heavy atom. The van der Waals surface area contributed by atoms with Crippen molar-refractivity contribution < 1.29 is 19.3 Å². The molecule has 1 aromatic heterocycles. The number of nitro groups is 1. The molecule has 1 heterocycles. The van der Waals surface area contributed by atoms with Crippen molar-refractivity contribution in [1.29, 1.82) is 0 Å². The van der Waals surface area contributed by atoms with Gasteiger partial charge in [0.15, 0.2) is 0 Å². The number of thiophene rings is 1. The average molecular weight is 397 g/mol. The van der Waals surface area contributed by atoms with Gasteiger partial charge in [0.1, 0.15) is 11.1 Å². The summed E-state index contributed by atoms with van der Waals surface area (Å²) < 4.78 is 0. The minimum atomic E-state index is -0.999. The zero-order chi connectivity index (χ0) is 19.3. The lowest BCUT2D eigenvalue weighted by Gasteiger charge is -2.14. The zero-order valence-electron chi connectivity index (χ0n) is 13.3. The number of nitrogens with one attached hydrogen (secondary N) is 3. The molecule has 3 amide bonds. The molecule has 9 nitrogen and oxygen atoms in total. The first-order valence-electron chi connectivity index (χ1n) is 7.18. The van der Waals surface area contributed by atoms with Gasteiger partial charge in [0.2, 0.25) is 0 Å². The van der Waals surface area contributed by atoms with Crippen molar-refractivity contribution in [1.82, 2.24) is 16.2 Å². The second-order valence-corrected chi connectivity index (χ2v) is 6.39. The fourth-order valence-corrected chi connectivity index (χ4v) is 2.64. The monoisotopic (exact) mass is 396 g/mol. The van der Waals surface area contributed by atoms with Gasteiger partial charge in [-0.3, -0.25) is 35.3 Å². The number of halogens is 1. The maximum Gasteiger partial charge on any atom is 0.288 e. The smallest absolute Gasteiger partial charge is 0.288 e. The molecular weight excluding hydrogens is 384 g/mol. The molecule has 0 saturated heterocycles. The summed E-state index contributed by atoms with van der Waals surface area (Å²) >= 11 is 6.89. The normalized spacial score (nSPS) is 11.3. The van der Waals surface area contributed by atoms with E-state index in [0.29, 0.717) is 4.88 Å². The number of benzene rings is 1. The van der Waals surface area contributed by atoms with Gasteiger partial charge in [-0.25, -0.2) is 0 Å². The molecule has 0 spiro atoms. The van der Waals surface area contributed by atoms with E-state index in [9.17, 15) is 24.5 Å². The molecule has 0 aliphatic rings.